The molecular weight excluding hydrogens is 352 g/mol. The van der Waals surface area contributed by atoms with E-state index in [1.807, 2.05) is 0 Å². The first-order valence-electron chi connectivity index (χ1n) is 8.88. The molecule has 0 saturated heterocycles. The van der Waals surface area contributed by atoms with E-state index in [2.05, 4.69) is 26.3 Å². The molecule has 7 heteroatoms. The molecule has 0 heterocycles. The van der Waals surface area contributed by atoms with E-state index in [1.165, 1.54) is 12.5 Å². The highest BCUT2D eigenvalue weighted by molar-refractivity contribution is 4.64. The lowest BCUT2D eigenvalue weighted by Crippen LogP contribution is -2.12. The van der Waals surface area contributed by atoms with E-state index in [0.29, 0.717) is 79.3 Å². The predicted molar refractivity (Wildman–Crippen MR) is 107 cm³/mol. The van der Waals surface area contributed by atoms with Crippen LogP contribution in [0.3, 0.4) is 0 Å². The van der Waals surface area contributed by atoms with Gasteiger partial charge in [-0.05, 0) is 0 Å². The lowest BCUT2D eigenvalue weighted by molar-refractivity contribution is 0.000518. The molecule has 27 heavy (non-hydrogen) atoms. The monoisotopic (exact) mass is 388 g/mol. The van der Waals surface area contributed by atoms with Gasteiger partial charge in [0.1, 0.15) is 13.2 Å². The van der Waals surface area contributed by atoms with Gasteiger partial charge in [0.15, 0.2) is 0 Å². The molecule has 0 spiro atoms. The van der Waals surface area contributed by atoms with Gasteiger partial charge in [0.05, 0.1) is 78.6 Å². The smallest absolute Gasteiger partial charge is 0.111 e. The van der Waals surface area contributed by atoms with Crippen LogP contribution in [0, 0.1) is 0 Å². The first kappa shape index (κ1) is 27.6. The zero-order chi connectivity index (χ0) is 20.3. The van der Waals surface area contributed by atoms with E-state index < -0.39 is 0 Å². The van der Waals surface area contributed by atoms with Gasteiger partial charge in [0, 0.05) is 0 Å². The van der Waals surface area contributed by atoms with E-state index in [9.17, 15) is 0 Å². The fourth-order valence-corrected chi connectivity index (χ4v) is 1.37. The quantitative estimate of drug-likeness (QED) is 0.170. The minimum atomic E-state index is 0.524. The topological polar surface area (TPSA) is 64.6 Å². The Morgan fingerprint density at radius 1 is 0.407 bits per heavy atom. The van der Waals surface area contributed by atoms with Crippen molar-refractivity contribution in [2.45, 2.75) is 0 Å². The fourth-order valence-electron chi connectivity index (χ4n) is 1.37. The van der Waals surface area contributed by atoms with Crippen molar-refractivity contribution in [2.24, 2.45) is 0 Å². The molecule has 0 aromatic heterocycles. The molecule has 0 rings (SSSR count). The highest BCUT2D eigenvalue weighted by Gasteiger charge is 1.91. The highest BCUT2D eigenvalue weighted by Crippen LogP contribution is 1.83. The summed E-state index contributed by atoms with van der Waals surface area (Å²) in [5.74, 6) is 0. The Hall–Kier alpha value is -1.64. The first-order valence-corrected chi connectivity index (χ1v) is 8.88. The summed E-state index contributed by atoms with van der Waals surface area (Å²) in [6.45, 7) is 20.7. The zero-order valence-corrected chi connectivity index (χ0v) is 16.5. The Balaban J connectivity index is 0. The van der Waals surface area contributed by atoms with Gasteiger partial charge in [0.25, 0.3) is 0 Å². The maximum Gasteiger partial charge on any atom is 0.111 e. The Morgan fingerprint density at radius 3 is 1.00 bits per heavy atom. The molecule has 0 amide bonds. The van der Waals surface area contributed by atoms with Crippen LogP contribution in [-0.2, 0) is 33.2 Å². The Bertz CT molecular complexity index is 291. The summed E-state index contributed by atoms with van der Waals surface area (Å²) in [6, 6.07) is 0. The SMILES string of the molecule is C=CCOCCOCC=C.C=COCCOCCOCCOCCOC=C. The third kappa shape index (κ3) is 32.5. The van der Waals surface area contributed by atoms with E-state index >= 15 is 0 Å². The number of rotatable bonds is 21. The molecule has 158 valence electrons. The summed E-state index contributed by atoms with van der Waals surface area (Å²) in [4.78, 5) is 0. The van der Waals surface area contributed by atoms with Crippen molar-refractivity contribution in [1.82, 2.24) is 0 Å². The third-order valence-corrected chi connectivity index (χ3v) is 2.51. The van der Waals surface area contributed by atoms with E-state index in [4.69, 9.17) is 33.2 Å². The molecule has 0 aliphatic rings. The Kier molecular flexibility index (Phi) is 29.8. The minimum Gasteiger partial charge on any atom is -0.499 e. The Morgan fingerprint density at radius 2 is 0.704 bits per heavy atom. The lowest BCUT2D eigenvalue weighted by Gasteiger charge is -2.06. The molecule has 7 nitrogen and oxygen atoms in total. The summed E-state index contributed by atoms with van der Waals surface area (Å²) in [7, 11) is 0. The fraction of sp³-hybridized carbons (Fsp3) is 0.600. The molecule has 0 N–H and O–H groups in total. The number of hydrogen-bond acceptors (Lipinski definition) is 7. The van der Waals surface area contributed by atoms with Crippen LogP contribution in [0.1, 0.15) is 0 Å². The van der Waals surface area contributed by atoms with Crippen molar-refractivity contribution >= 4 is 0 Å². The van der Waals surface area contributed by atoms with Gasteiger partial charge in [-0.1, -0.05) is 25.3 Å². The number of hydrogen-bond donors (Lipinski definition) is 0. The van der Waals surface area contributed by atoms with Gasteiger partial charge in [-0.2, -0.15) is 0 Å². The van der Waals surface area contributed by atoms with Gasteiger partial charge in [-0.3, -0.25) is 0 Å². The average molecular weight is 389 g/mol. The average Bonchev–Trinajstić information content (AvgIpc) is 2.69. The van der Waals surface area contributed by atoms with Crippen LogP contribution in [0.2, 0.25) is 0 Å². The summed E-state index contributed by atoms with van der Waals surface area (Å²) in [5.41, 5.74) is 0. The van der Waals surface area contributed by atoms with Crippen LogP contribution in [0.5, 0.6) is 0 Å². The van der Waals surface area contributed by atoms with Crippen LogP contribution in [0.15, 0.2) is 51.0 Å². The second kappa shape index (κ2) is 29.1. The molecule has 0 atom stereocenters. The largest absolute Gasteiger partial charge is 0.499 e. The van der Waals surface area contributed by atoms with Crippen LogP contribution in [-0.4, -0.2) is 79.3 Å². The lowest BCUT2D eigenvalue weighted by atomic mass is 10.6. The molecule has 0 aromatic carbocycles. The summed E-state index contributed by atoms with van der Waals surface area (Å²) >= 11 is 0. The molecule has 0 saturated carbocycles. The van der Waals surface area contributed by atoms with Crippen LogP contribution in [0.4, 0.5) is 0 Å². The van der Waals surface area contributed by atoms with Crippen LogP contribution < -0.4 is 0 Å². The normalized spacial score (nSPS) is 9.63. The van der Waals surface area contributed by atoms with Crippen molar-refractivity contribution in [1.29, 1.82) is 0 Å². The van der Waals surface area contributed by atoms with Gasteiger partial charge in [-0.25, -0.2) is 0 Å². The van der Waals surface area contributed by atoms with Crippen LogP contribution in [0.25, 0.3) is 0 Å². The summed E-state index contributed by atoms with van der Waals surface area (Å²) in [5, 5.41) is 0. The Labute approximate surface area is 164 Å². The molecule has 0 aliphatic heterocycles. The molecule has 0 radical (unpaired) electrons. The molecule has 0 aromatic rings. The highest BCUT2D eigenvalue weighted by atomic mass is 16.6. The van der Waals surface area contributed by atoms with E-state index in [1.54, 1.807) is 12.2 Å². The van der Waals surface area contributed by atoms with Crippen molar-refractivity contribution in [2.75, 3.05) is 79.3 Å². The maximum absolute atomic E-state index is 5.27. The van der Waals surface area contributed by atoms with Gasteiger partial charge in [0.2, 0.25) is 0 Å². The van der Waals surface area contributed by atoms with Gasteiger partial charge < -0.3 is 33.2 Å². The second-order valence-electron chi connectivity index (χ2n) is 4.64. The van der Waals surface area contributed by atoms with Crippen molar-refractivity contribution in [3.63, 3.8) is 0 Å². The molecule has 0 fully saturated rings. The maximum atomic E-state index is 5.27. The standard InChI is InChI=1S/C12H22O5.C8H14O2/c1-3-13-5-7-15-9-11-17-12-10-16-8-6-14-4-2;1-3-5-9-7-8-10-6-4-2/h3-4H,1-2,5-12H2;3-4H,1-2,5-8H2. The summed E-state index contributed by atoms with van der Waals surface area (Å²) in [6.07, 6.45) is 6.22. The third-order valence-electron chi connectivity index (χ3n) is 2.51. The van der Waals surface area contributed by atoms with E-state index in [0.717, 1.165) is 0 Å². The molecular formula is C20H36O7. The van der Waals surface area contributed by atoms with Gasteiger partial charge >= 0.3 is 0 Å². The van der Waals surface area contributed by atoms with Crippen molar-refractivity contribution < 1.29 is 33.2 Å². The first-order chi connectivity index (χ1) is 13.3. The zero-order valence-electron chi connectivity index (χ0n) is 16.5. The minimum absolute atomic E-state index is 0.524. The second-order valence-corrected chi connectivity index (χ2v) is 4.64. The molecule has 0 aliphatic carbocycles. The summed E-state index contributed by atoms with van der Waals surface area (Å²) < 4.78 is 35.6. The van der Waals surface area contributed by atoms with Crippen molar-refractivity contribution in [3.05, 3.63) is 51.0 Å². The predicted octanol–water partition coefficient (Wildman–Crippen LogP) is 2.75. The van der Waals surface area contributed by atoms with E-state index in [-0.39, 0.29) is 0 Å². The van der Waals surface area contributed by atoms with Crippen LogP contribution >= 0.6 is 0 Å². The molecule has 0 unspecified atom stereocenters. The van der Waals surface area contributed by atoms with Crippen molar-refractivity contribution in [3.8, 4) is 0 Å². The molecule has 0 bridgehead atoms. The van der Waals surface area contributed by atoms with Gasteiger partial charge in [-0.15, -0.1) is 13.2 Å². The number of ether oxygens (including phenoxy) is 7.